The van der Waals surface area contributed by atoms with Crippen LogP contribution in [0, 0.1) is 13.8 Å². The molecule has 2 aromatic carbocycles. The van der Waals surface area contributed by atoms with Gasteiger partial charge < -0.3 is 14.5 Å². The predicted molar refractivity (Wildman–Crippen MR) is 162 cm³/mol. The second kappa shape index (κ2) is 14.4. The molecule has 0 spiro atoms. The number of thiazole rings is 1. The Balaban J connectivity index is 1.69. The molecule has 0 aliphatic rings. The molecule has 2 amide bonds. The fraction of sp³-hybridized carbons (Fsp3) is 0.281. The summed E-state index contributed by atoms with van der Waals surface area (Å²) in [6, 6.07) is 17.0. The first kappa shape index (κ1) is 29.8. The number of likely N-dealkylation sites (N-methyl/N-ethyl adjacent to an activating group) is 1. The minimum atomic E-state index is -0.720. The highest BCUT2D eigenvalue weighted by atomic mass is 32.1. The largest absolute Gasteiger partial charge is 0.383 e. The van der Waals surface area contributed by atoms with Gasteiger partial charge in [0.1, 0.15) is 12.4 Å². The lowest BCUT2D eigenvalue weighted by atomic mass is 10.0. The third-order valence-corrected chi connectivity index (χ3v) is 7.78. The van der Waals surface area contributed by atoms with Crippen LogP contribution in [0.15, 0.2) is 79.4 Å². The van der Waals surface area contributed by atoms with Gasteiger partial charge in [-0.25, -0.2) is 15.0 Å². The monoisotopic (exact) mass is 569 g/mol. The zero-order chi connectivity index (χ0) is 29.2. The Kier molecular flexibility index (Phi) is 10.5. The van der Waals surface area contributed by atoms with Crippen LogP contribution in [-0.4, -0.2) is 69.9 Å². The summed E-state index contributed by atoms with van der Waals surface area (Å²) in [5.41, 5.74) is 4.63. The molecule has 0 radical (unpaired) electrons. The number of carbonyl (C=O) groups is 2. The van der Waals surface area contributed by atoms with Crippen molar-refractivity contribution in [3.8, 4) is 11.1 Å². The third kappa shape index (κ3) is 8.15. The van der Waals surface area contributed by atoms with Gasteiger partial charge in [-0.15, -0.1) is 11.3 Å². The van der Waals surface area contributed by atoms with E-state index in [0.29, 0.717) is 19.6 Å². The number of nitrogens with zero attached hydrogens (tertiary/aromatic N) is 5. The minimum Gasteiger partial charge on any atom is -0.383 e. The van der Waals surface area contributed by atoms with Crippen LogP contribution in [0.5, 0.6) is 0 Å². The molecule has 8 nitrogen and oxygen atoms in total. The second-order valence-electron chi connectivity index (χ2n) is 9.76. The van der Waals surface area contributed by atoms with Crippen molar-refractivity contribution in [1.82, 2.24) is 24.8 Å². The molecule has 0 N–H and O–H groups in total. The van der Waals surface area contributed by atoms with Gasteiger partial charge >= 0.3 is 0 Å². The molecule has 212 valence electrons. The lowest BCUT2D eigenvalue weighted by molar-refractivity contribution is -0.143. The average Bonchev–Trinajstić information content (AvgIpc) is 3.33. The summed E-state index contributed by atoms with van der Waals surface area (Å²) in [6.07, 6.45) is 8.75. The van der Waals surface area contributed by atoms with E-state index in [1.165, 1.54) is 17.7 Å². The van der Waals surface area contributed by atoms with Crippen molar-refractivity contribution in [2.45, 2.75) is 32.9 Å². The number of rotatable bonds is 12. The molecule has 0 aliphatic carbocycles. The Morgan fingerprint density at radius 1 is 0.976 bits per heavy atom. The minimum absolute atomic E-state index is 0.143. The first-order chi connectivity index (χ1) is 19.9. The Hall–Kier alpha value is -4.21. The molecule has 4 rings (SSSR count). The van der Waals surface area contributed by atoms with E-state index < -0.39 is 6.04 Å². The van der Waals surface area contributed by atoms with Gasteiger partial charge in [-0.3, -0.25) is 9.59 Å². The van der Waals surface area contributed by atoms with Crippen LogP contribution in [0.4, 0.5) is 0 Å². The quantitative estimate of drug-likeness (QED) is 0.224. The van der Waals surface area contributed by atoms with E-state index in [2.05, 4.69) is 15.0 Å². The summed E-state index contributed by atoms with van der Waals surface area (Å²) in [5, 5.41) is 0.937. The summed E-state index contributed by atoms with van der Waals surface area (Å²) in [6.45, 7) is 4.96. The molecule has 0 fully saturated rings. The molecule has 2 heterocycles. The third-order valence-electron chi connectivity index (χ3n) is 6.74. The maximum absolute atomic E-state index is 13.9. The second-order valence-corrected chi connectivity index (χ2v) is 11.0. The average molecular weight is 570 g/mol. The topological polar surface area (TPSA) is 88.5 Å². The molecule has 1 atom stereocenters. The summed E-state index contributed by atoms with van der Waals surface area (Å²) in [7, 11) is 3.35. The standard InChI is InChI=1S/C32H35N5O3S/c1-23-30(41-24(2)35-23)14-15-31(38)37(21-26-10-12-27(13-11-26)28-19-33-22-34-20-28)29(18-25-8-6-5-7-9-25)32(39)36(3)16-17-40-4/h5-15,19-20,22,29H,16-18,21H2,1-4H3/b15-14+/t29-/m0/s1. The highest BCUT2D eigenvalue weighted by Gasteiger charge is 2.31. The SMILES string of the molecule is COCCN(C)C(=O)[C@H](Cc1ccccc1)N(Cc1ccc(-c2cncnc2)cc1)C(=O)/C=C/c1sc(C)nc1C. The van der Waals surface area contributed by atoms with E-state index in [0.717, 1.165) is 37.8 Å². The van der Waals surface area contributed by atoms with Crippen LogP contribution in [0.3, 0.4) is 0 Å². The molecule has 4 aromatic rings. The smallest absolute Gasteiger partial charge is 0.247 e. The molecule has 2 aromatic heterocycles. The summed E-state index contributed by atoms with van der Waals surface area (Å²) >= 11 is 1.53. The van der Waals surface area contributed by atoms with E-state index >= 15 is 0 Å². The van der Waals surface area contributed by atoms with Crippen LogP contribution >= 0.6 is 11.3 Å². The number of aromatic nitrogens is 3. The van der Waals surface area contributed by atoms with Gasteiger partial charge in [-0.2, -0.15) is 0 Å². The first-order valence-electron chi connectivity index (χ1n) is 13.4. The van der Waals surface area contributed by atoms with E-state index in [4.69, 9.17) is 4.74 Å². The first-order valence-corrected chi connectivity index (χ1v) is 14.2. The lowest BCUT2D eigenvalue weighted by Crippen LogP contribution is -2.51. The molecular formula is C32H35N5O3S. The van der Waals surface area contributed by atoms with E-state index in [1.54, 1.807) is 48.5 Å². The highest BCUT2D eigenvalue weighted by molar-refractivity contribution is 7.12. The van der Waals surface area contributed by atoms with Gasteiger partial charge in [0, 0.05) is 57.7 Å². The Bertz CT molecular complexity index is 1460. The van der Waals surface area contributed by atoms with Gasteiger partial charge in [0.25, 0.3) is 0 Å². The van der Waals surface area contributed by atoms with Crippen molar-refractivity contribution in [2.75, 3.05) is 27.3 Å². The number of ether oxygens (including phenoxy) is 1. The van der Waals surface area contributed by atoms with E-state index in [-0.39, 0.29) is 18.4 Å². The van der Waals surface area contributed by atoms with Crippen LogP contribution in [0.2, 0.25) is 0 Å². The number of benzene rings is 2. The number of aryl methyl sites for hydroxylation is 2. The number of hydrogen-bond donors (Lipinski definition) is 0. The maximum Gasteiger partial charge on any atom is 0.247 e. The normalized spacial score (nSPS) is 11.9. The summed E-state index contributed by atoms with van der Waals surface area (Å²) < 4.78 is 5.21. The van der Waals surface area contributed by atoms with Gasteiger partial charge in [-0.1, -0.05) is 54.6 Å². The van der Waals surface area contributed by atoms with Crippen molar-refractivity contribution in [3.05, 3.63) is 106 Å². The Morgan fingerprint density at radius 3 is 2.32 bits per heavy atom. The van der Waals surface area contributed by atoms with Crippen LogP contribution in [0.25, 0.3) is 17.2 Å². The van der Waals surface area contributed by atoms with E-state index in [9.17, 15) is 9.59 Å². The fourth-order valence-electron chi connectivity index (χ4n) is 4.49. The predicted octanol–water partition coefficient (Wildman–Crippen LogP) is 4.98. The van der Waals surface area contributed by atoms with Crippen LogP contribution in [0.1, 0.15) is 26.7 Å². The number of hydrogen-bond acceptors (Lipinski definition) is 7. The van der Waals surface area contributed by atoms with Gasteiger partial charge in [0.2, 0.25) is 11.8 Å². The highest BCUT2D eigenvalue weighted by Crippen LogP contribution is 2.22. The molecule has 0 unspecified atom stereocenters. The van der Waals surface area contributed by atoms with Crippen molar-refractivity contribution >= 4 is 29.2 Å². The Morgan fingerprint density at radius 2 is 1.68 bits per heavy atom. The summed E-state index contributed by atoms with van der Waals surface area (Å²) in [4.78, 5) is 44.7. The van der Waals surface area contributed by atoms with Gasteiger partial charge in [-0.05, 0) is 36.6 Å². The molecule has 0 saturated heterocycles. The molecule has 0 aliphatic heterocycles. The fourth-order valence-corrected chi connectivity index (χ4v) is 5.32. The van der Waals surface area contributed by atoms with Gasteiger partial charge in [0.05, 0.1) is 22.2 Å². The Labute approximate surface area is 245 Å². The van der Waals surface area contributed by atoms with Crippen molar-refractivity contribution in [2.24, 2.45) is 0 Å². The zero-order valence-corrected chi connectivity index (χ0v) is 24.7. The van der Waals surface area contributed by atoms with Crippen LogP contribution in [-0.2, 0) is 27.3 Å². The lowest BCUT2D eigenvalue weighted by Gasteiger charge is -2.33. The van der Waals surface area contributed by atoms with Crippen molar-refractivity contribution in [3.63, 3.8) is 0 Å². The zero-order valence-electron chi connectivity index (χ0n) is 23.9. The van der Waals surface area contributed by atoms with E-state index in [1.807, 2.05) is 68.4 Å². The summed E-state index contributed by atoms with van der Waals surface area (Å²) in [5.74, 6) is -0.388. The van der Waals surface area contributed by atoms with Gasteiger partial charge in [0.15, 0.2) is 0 Å². The maximum atomic E-state index is 13.9. The molecule has 41 heavy (non-hydrogen) atoms. The molecule has 0 saturated carbocycles. The molecular weight excluding hydrogens is 534 g/mol. The molecule has 0 bridgehead atoms. The molecule has 9 heteroatoms. The number of methoxy groups -OCH3 is 1. The van der Waals surface area contributed by atoms with Crippen molar-refractivity contribution in [1.29, 1.82) is 0 Å². The number of carbonyl (C=O) groups excluding carboxylic acids is 2. The van der Waals surface area contributed by atoms with Crippen LogP contribution < -0.4 is 0 Å². The number of amides is 2. The van der Waals surface area contributed by atoms with Crippen molar-refractivity contribution < 1.29 is 14.3 Å².